The lowest BCUT2D eigenvalue weighted by molar-refractivity contribution is -0.134. The summed E-state index contributed by atoms with van der Waals surface area (Å²) in [6.07, 6.45) is 0. The predicted octanol–water partition coefficient (Wildman–Crippen LogP) is 2.82. The summed E-state index contributed by atoms with van der Waals surface area (Å²) in [6.45, 7) is 7.12. The molecule has 1 amide bonds. The highest BCUT2D eigenvalue weighted by Crippen LogP contribution is 2.34. The van der Waals surface area contributed by atoms with Crippen molar-refractivity contribution in [1.29, 1.82) is 0 Å². The maximum atomic E-state index is 13.4. The Morgan fingerprint density at radius 2 is 1.81 bits per heavy atom. The molecule has 0 bridgehead atoms. The number of hydrogen-bond acceptors (Lipinski definition) is 6. The molecule has 1 aliphatic rings. The molecule has 1 atom stereocenters. The summed E-state index contributed by atoms with van der Waals surface area (Å²) in [5.41, 5.74) is 0.818. The maximum absolute atomic E-state index is 13.4. The van der Waals surface area contributed by atoms with Gasteiger partial charge in [-0.25, -0.2) is 8.42 Å². The van der Waals surface area contributed by atoms with Crippen molar-refractivity contribution in [3.63, 3.8) is 0 Å². The van der Waals surface area contributed by atoms with Gasteiger partial charge in [0.25, 0.3) is 0 Å². The summed E-state index contributed by atoms with van der Waals surface area (Å²) in [5, 5.41) is 0. The van der Waals surface area contributed by atoms with Gasteiger partial charge in [0.2, 0.25) is 15.9 Å². The zero-order chi connectivity index (χ0) is 23.3. The van der Waals surface area contributed by atoms with E-state index >= 15 is 0 Å². The van der Waals surface area contributed by atoms with E-state index in [1.165, 1.54) is 19.2 Å². The molecule has 0 spiro atoms. The number of rotatable bonds is 9. The van der Waals surface area contributed by atoms with Crippen LogP contribution in [0.3, 0.4) is 0 Å². The number of nitrogens with zero attached hydrogens (tertiary/aromatic N) is 1. The van der Waals surface area contributed by atoms with Gasteiger partial charge in [-0.05, 0) is 43.2 Å². The average Bonchev–Trinajstić information content (AvgIpc) is 2.80. The number of carbonyl (C=O) groups excluding carboxylic acids is 1. The Morgan fingerprint density at radius 3 is 2.44 bits per heavy atom. The van der Waals surface area contributed by atoms with Gasteiger partial charge < -0.3 is 19.1 Å². The molecule has 2 aromatic carbocycles. The Labute approximate surface area is 189 Å². The normalized spacial score (nSPS) is 14.2. The highest BCUT2D eigenvalue weighted by atomic mass is 32.2. The first-order valence-corrected chi connectivity index (χ1v) is 12.1. The van der Waals surface area contributed by atoms with E-state index in [0.29, 0.717) is 37.0 Å². The molecule has 9 heteroatoms. The average molecular weight is 463 g/mol. The molecule has 0 unspecified atom stereocenters. The molecule has 0 saturated heterocycles. The number of fused-ring (bicyclic) bond motifs is 1. The van der Waals surface area contributed by atoms with Crippen molar-refractivity contribution in [3.05, 3.63) is 48.0 Å². The van der Waals surface area contributed by atoms with Gasteiger partial charge in [0.05, 0.1) is 12.0 Å². The topological polar surface area (TPSA) is 94.2 Å². The first kappa shape index (κ1) is 23.9. The highest BCUT2D eigenvalue weighted by molar-refractivity contribution is 7.89. The number of sulfonamides is 1. The Morgan fingerprint density at radius 1 is 1.12 bits per heavy atom. The van der Waals surface area contributed by atoms with E-state index < -0.39 is 16.1 Å². The van der Waals surface area contributed by atoms with Crippen LogP contribution < -0.4 is 18.9 Å². The van der Waals surface area contributed by atoms with Crippen LogP contribution >= 0.6 is 0 Å². The van der Waals surface area contributed by atoms with Gasteiger partial charge in [-0.2, -0.15) is 4.72 Å². The monoisotopic (exact) mass is 462 g/mol. The van der Waals surface area contributed by atoms with Crippen LogP contribution in [0.25, 0.3) is 0 Å². The third-order valence-electron chi connectivity index (χ3n) is 5.29. The van der Waals surface area contributed by atoms with Crippen LogP contribution in [0, 0.1) is 5.92 Å². The van der Waals surface area contributed by atoms with Crippen LogP contribution in [0.15, 0.2) is 47.4 Å². The first-order valence-electron chi connectivity index (χ1n) is 10.6. The van der Waals surface area contributed by atoms with Gasteiger partial charge in [0.1, 0.15) is 25.0 Å². The minimum absolute atomic E-state index is 0.0717. The van der Waals surface area contributed by atoms with Crippen LogP contribution in [0.4, 0.5) is 0 Å². The van der Waals surface area contributed by atoms with Crippen molar-refractivity contribution in [3.8, 4) is 17.2 Å². The fourth-order valence-electron chi connectivity index (χ4n) is 3.47. The number of benzene rings is 2. The fourth-order valence-corrected chi connectivity index (χ4v) is 4.81. The van der Waals surface area contributed by atoms with Gasteiger partial charge in [0.15, 0.2) is 11.5 Å². The van der Waals surface area contributed by atoms with E-state index in [0.717, 1.165) is 5.56 Å². The van der Waals surface area contributed by atoms with E-state index in [4.69, 9.17) is 14.2 Å². The molecule has 174 valence electrons. The zero-order valence-corrected chi connectivity index (χ0v) is 19.6. The summed E-state index contributed by atoms with van der Waals surface area (Å²) < 4.78 is 45.0. The summed E-state index contributed by atoms with van der Waals surface area (Å²) in [4.78, 5) is 15.1. The maximum Gasteiger partial charge on any atom is 0.241 e. The summed E-state index contributed by atoms with van der Waals surface area (Å²) in [5.74, 6) is 1.28. The van der Waals surface area contributed by atoms with Crippen LogP contribution in [0.1, 0.15) is 26.3 Å². The van der Waals surface area contributed by atoms with E-state index in [1.807, 2.05) is 39.0 Å². The van der Waals surface area contributed by atoms with Gasteiger partial charge >= 0.3 is 0 Å². The van der Waals surface area contributed by atoms with E-state index in [-0.39, 0.29) is 23.3 Å². The smallest absolute Gasteiger partial charge is 0.241 e. The second-order valence-corrected chi connectivity index (χ2v) is 9.53. The van der Waals surface area contributed by atoms with Crippen LogP contribution in [0.2, 0.25) is 0 Å². The third kappa shape index (κ3) is 5.34. The molecule has 0 aliphatic carbocycles. The van der Waals surface area contributed by atoms with Crippen LogP contribution in [-0.4, -0.2) is 52.1 Å². The predicted molar refractivity (Wildman–Crippen MR) is 120 cm³/mol. The fraction of sp³-hybridized carbons (Fsp3) is 0.435. The first-order chi connectivity index (χ1) is 15.3. The molecule has 1 N–H and O–H groups in total. The molecule has 2 aromatic rings. The lowest BCUT2D eigenvalue weighted by atomic mass is 10.0. The number of carbonyl (C=O) groups is 1. The molecule has 3 rings (SSSR count). The molecule has 32 heavy (non-hydrogen) atoms. The Hall–Kier alpha value is -2.78. The van der Waals surface area contributed by atoms with E-state index in [9.17, 15) is 13.2 Å². The van der Waals surface area contributed by atoms with Crippen molar-refractivity contribution < 1.29 is 27.4 Å². The minimum atomic E-state index is -3.90. The molecule has 1 heterocycles. The largest absolute Gasteiger partial charge is 0.497 e. The van der Waals surface area contributed by atoms with E-state index in [2.05, 4.69) is 4.72 Å². The molecule has 0 aromatic heterocycles. The Kier molecular flexibility index (Phi) is 7.63. The number of methoxy groups -OCH3 is 1. The SMILES string of the molecule is CCN(Cc1cccc2c1OCCO2)C(=O)[C@@H](NS(=O)(=O)c1ccc(OC)cc1)C(C)C. The number of hydrogen-bond donors (Lipinski definition) is 1. The molecular weight excluding hydrogens is 432 g/mol. The van der Waals surface area contributed by atoms with Crippen molar-refractivity contribution in [1.82, 2.24) is 9.62 Å². The standard InChI is InChI=1S/C23H30N2O6S/c1-5-25(15-17-7-6-8-20-22(17)31-14-13-30-20)23(26)21(16(2)3)24-32(27,28)19-11-9-18(29-4)10-12-19/h6-12,16,21,24H,5,13-15H2,1-4H3/t21-/m0/s1. The lowest BCUT2D eigenvalue weighted by Gasteiger charge is -2.30. The summed E-state index contributed by atoms with van der Waals surface area (Å²) in [7, 11) is -2.39. The Balaban J connectivity index is 1.81. The number of likely N-dealkylation sites (N-methyl/N-ethyl adjacent to an activating group) is 1. The van der Waals surface area contributed by atoms with Gasteiger partial charge in [-0.15, -0.1) is 0 Å². The van der Waals surface area contributed by atoms with Crippen LogP contribution in [0.5, 0.6) is 17.2 Å². The zero-order valence-electron chi connectivity index (χ0n) is 18.8. The molecule has 1 aliphatic heterocycles. The molecule has 0 saturated carbocycles. The van der Waals surface area contributed by atoms with Crippen molar-refractivity contribution >= 4 is 15.9 Å². The minimum Gasteiger partial charge on any atom is -0.497 e. The number of ether oxygens (including phenoxy) is 3. The van der Waals surface area contributed by atoms with Gasteiger partial charge in [-0.1, -0.05) is 26.0 Å². The molecule has 0 radical (unpaired) electrons. The quantitative estimate of drug-likeness (QED) is 0.616. The molecule has 8 nitrogen and oxygen atoms in total. The number of amides is 1. The van der Waals surface area contributed by atoms with E-state index in [1.54, 1.807) is 17.0 Å². The second kappa shape index (κ2) is 10.2. The Bertz CT molecular complexity index is 1040. The third-order valence-corrected chi connectivity index (χ3v) is 6.74. The summed E-state index contributed by atoms with van der Waals surface area (Å²) in [6, 6.07) is 10.7. The van der Waals surface area contributed by atoms with Gasteiger partial charge in [-0.3, -0.25) is 4.79 Å². The summed E-state index contributed by atoms with van der Waals surface area (Å²) >= 11 is 0. The molecule has 0 fully saturated rings. The van der Waals surface area contributed by atoms with Gasteiger partial charge in [0, 0.05) is 18.7 Å². The lowest BCUT2D eigenvalue weighted by Crippen LogP contribution is -2.50. The van der Waals surface area contributed by atoms with Crippen LogP contribution in [-0.2, 0) is 21.4 Å². The number of nitrogens with one attached hydrogen (secondary N) is 1. The van der Waals surface area contributed by atoms with Crippen molar-refractivity contribution in [2.75, 3.05) is 26.9 Å². The highest BCUT2D eigenvalue weighted by Gasteiger charge is 2.32. The van der Waals surface area contributed by atoms with Crippen molar-refractivity contribution in [2.45, 2.75) is 38.3 Å². The number of para-hydroxylation sites is 1. The molecular formula is C23H30N2O6S. The second-order valence-electron chi connectivity index (χ2n) is 7.81. The van der Waals surface area contributed by atoms with Crippen molar-refractivity contribution in [2.24, 2.45) is 5.92 Å².